The van der Waals surface area contributed by atoms with E-state index in [0.29, 0.717) is 18.7 Å². The molecule has 2 rings (SSSR count). The lowest BCUT2D eigenvalue weighted by Crippen LogP contribution is -2.44. The highest BCUT2D eigenvalue weighted by atomic mass is 16.5. The second-order valence-electron chi connectivity index (χ2n) is 5.30. The van der Waals surface area contributed by atoms with E-state index in [1.807, 2.05) is 7.11 Å². The number of methoxy groups -OCH3 is 1. The maximum Gasteiger partial charge on any atom is 0.0698 e. The number of ether oxygens (including phenoxy) is 1. The van der Waals surface area contributed by atoms with Gasteiger partial charge in [0, 0.05) is 26.2 Å². The van der Waals surface area contributed by atoms with Crippen LogP contribution in [0.5, 0.6) is 0 Å². The van der Waals surface area contributed by atoms with E-state index in [2.05, 4.69) is 36.1 Å². The first-order valence-electron chi connectivity index (χ1n) is 7.34. The number of likely N-dealkylation sites (tertiary alicyclic amines) is 1. The summed E-state index contributed by atoms with van der Waals surface area (Å²) < 4.78 is 5.53. The van der Waals surface area contributed by atoms with Crippen LogP contribution in [0.15, 0.2) is 24.3 Å². The molecular formula is C16H26N2O. The number of rotatable bonds is 5. The summed E-state index contributed by atoms with van der Waals surface area (Å²) in [4.78, 5) is 2.49. The third-order valence-electron chi connectivity index (χ3n) is 4.20. The highest BCUT2D eigenvalue weighted by molar-refractivity contribution is 5.30. The Hall–Kier alpha value is -0.900. The van der Waals surface area contributed by atoms with Crippen molar-refractivity contribution < 1.29 is 4.74 Å². The van der Waals surface area contributed by atoms with Gasteiger partial charge in [0.25, 0.3) is 0 Å². The van der Waals surface area contributed by atoms with Gasteiger partial charge in [0.2, 0.25) is 0 Å². The van der Waals surface area contributed by atoms with E-state index in [9.17, 15) is 0 Å². The molecular weight excluding hydrogens is 236 g/mol. The van der Waals surface area contributed by atoms with Crippen molar-refractivity contribution in [2.45, 2.75) is 38.3 Å². The van der Waals surface area contributed by atoms with Crippen LogP contribution in [-0.2, 0) is 11.2 Å². The maximum atomic E-state index is 6.06. The standard InChI is InChI=1S/C16H26N2O/c1-3-13-7-4-5-9-15(13)16(11-17)18-10-6-8-14(12-18)19-2/h4-5,7,9,14,16H,3,6,8,10-12,17H2,1-2H3. The molecule has 1 aliphatic rings. The summed E-state index contributed by atoms with van der Waals surface area (Å²) in [7, 11) is 1.81. The highest BCUT2D eigenvalue weighted by Gasteiger charge is 2.26. The molecule has 0 aromatic heterocycles. The minimum absolute atomic E-state index is 0.328. The van der Waals surface area contributed by atoms with E-state index >= 15 is 0 Å². The summed E-state index contributed by atoms with van der Waals surface area (Å²) >= 11 is 0. The zero-order chi connectivity index (χ0) is 13.7. The number of aryl methyl sites for hydroxylation is 1. The van der Waals surface area contributed by atoms with Crippen LogP contribution in [0.3, 0.4) is 0 Å². The fourth-order valence-electron chi connectivity index (χ4n) is 3.10. The van der Waals surface area contributed by atoms with E-state index in [-0.39, 0.29) is 0 Å². The number of piperidine rings is 1. The molecule has 1 fully saturated rings. The molecule has 19 heavy (non-hydrogen) atoms. The van der Waals surface area contributed by atoms with Crippen molar-refractivity contribution in [2.75, 3.05) is 26.7 Å². The Morgan fingerprint density at radius 3 is 2.89 bits per heavy atom. The van der Waals surface area contributed by atoms with Crippen molar-refractivity contribution in [1.29, 1.82) is 0 Å². The van der Waals surface area contributed by atoms with E-state index in [4.69, 9.17) is 10.5 Å². The van der Waals surface area contributed by atoms with Gasteiger partial charge in [-0.1, -0.05) is 31.2 Å². The smallest absolute Gasteiger partial charge is 0.0698 e. The van der Waals surface area contributed by atoms with Gasteiger partial charge in [0.05, 0.1) is 6.10 Å². The molecule has 1 aliphatic heterocycles. The van der Waals surface area contributed by atoms with Gasteiger partial charge in [-0.2, -0.15) is 0 Å². The molecule has 3 nitrogen and oxygen atoms in total. The minimum atomic E-state index is 0.328. The van der Waals surface area contributed by atoms with Gasteiger partial charge < -0.3 is 10.5 Å². The van der Waals surface area contributed by atoms with E-state index in [1.165, 1.54) is 24.0 Å². The van der Waals surface area contributed by atoms with Crippen molar-refractivity contribution in [1.82, 2.24) is 4.90 Å². The molecule has 2 atom stereocenters. The number of benzene rings is 1. The lowest BCUT2D eigenvalue weighted by Gasteiger charge is -2.38. The first kappa shape index (κ1) is 14.5. The molecule has 0 saturated carbocycles. The summed E-state index contributed by atoms with van der Waals surface area (Å²) in [5.41, 5.74) is 8.87. The maximum absolute atomic E-state index is 6.06. The molecule has 0 spiro atoms. The molecule has 1 heterocycles. The van der Waals surface area contributed by atoms with Gasteiger partial charge in [-0.3, -0.25) is 4.90 Å². The predicted molar refractivity (Wildman–Crippen MR) is 79.2 cm³/mol. The van der Waals surface area contributed by atoms with Gasteiger partial charge in [-0.05, 0) is 36.9 Å². The molecule has 106 valence electrons. The van der Waals surface area contributed by atoms with Crippen molar-refractivity contribution in [3.8, 4) is 0 Å². The SMILES string of the molecule is CCc1ccccc1C(CN)N1CCCC(OC)C1. The summed E-state index contributed by atoms with van der Waals surface area (Å²) in [5.74, 6) is 0. The van der Waals surface area contributed by atoms with Crippen LogP contribution in [0.4, 0.5) is 0 Å². The van der Waals surface area contributed by atoms with Gasteiger partial charge in [0.15, 0.2) is 0 Å². The van der Waals surface area contributed by atoms with Crippen LogP contribution in [0.2, 0.25) is 0 Å². The van der Waals surface area contributed by atoms with E-state index < -0.39 is 0 Å². The summed E-state index contributed by atoms with van der Waals surface area (Å²) in [6.45, 7) is 5.00. The van der Waals surface area contributed by atoms with Crippen molar-refractivity contribution in [2.24, 2.45) is 5.73 Å². The molecule has 0 bridgehead atoms. The zero-order valence-electron chi connectivity index (χ0n) is 12.1. The summed E-state index contributed by atoms with van der Waals surface area (Å²) in [5, 5.41) is 0. The summed E-state index contributed by atoms with van der Waals surface area (Å²) in [6.07, 6.45) is 3.79. The largest absolute Gasteiger partial charge is 0.380 e. The zero-order valence-corrected chi connectivity index (χ0v) is 12.1. The Labute approximate surface area is 116 Å². The van der Waals surface area contributed by atoms with Crippen molar-refractivity contribution in [3.63, 3.8) is 0 Å². The van der Waals surface area contributed by atoms with Gasteiger partial charge in [-0.15, -0.1) is 0 Å². The highest BCUT2D eigenvalue weighted by Crippen LogP contribution is 2.27. The normalized spacial score (nSPS) is 22.4. The van der Waals surface area contributed by atoms with Crippen LogP contribution in [0, 0.1) is 0 Å². The molecule has 2 unspecified atom stereocenters. The fourth-order valence-corrected chi connectivity index (χ4v) is 3.10. The van der Waals surface area contributed by atoms with Crippen LogP contribution < -0.4 is 5.73 Å². The van der Waals surface area contributed by atoms with E-state index in [0.717, 1.165) is 19.5 Å². The predicted octanol–water partition coefficient (Wildman–Crippen LogP) is 2.36. The summed E-state index contributed by atoms with van der Waals surface area (Å²) in [6, 6.07) is 9.01. The number of hydrogen-bond donors (Lipinski definition) is 1. The first-order valence-corrected chi connectivity index (χ1v) is 7.34. The molecule has 1 aromatic carbocycles. The van der Waals surface area contributed by atoms with Crippen molar-refractivity contribution >= 4 is 0 Å². The topological polar surface area (TPSA) is 38.5 Å². The average molecular weight is 262 g/mol. The van der Waals surface area contributed by atoms with Crippen LogP contribution in [0.25, 0.3) is 0 Å². The molecule has 1 saturated heterocycles. The molecule has 3 heteroatoms. The second kappa shape index (κ2) is 7.04. The van der Waals surface area contributed by atoms with Gasteiger partial charge in [-0.25, -0.2) is 0 Å². The lowest BCUT2D eigenvalue weighted by atomic mass is 9.95. The van der Waals surface area contributed by atoms with Gasteiger partial charge >= 0.3 is 0 Å². The molecule has 0 radical (unpaired) electrons. The molecule has 1 aromatic rings. The van der Waals surface area contributed by atoms with Crippen LogP contribution in [-0.4, -0.2) is 37.7 Å². The number of nitrogens with two attached hydrogens (primary N) is 1. The average Bonchev–Trinajstić information content (AvgIpc) is 2.49. The van der Waals surface area contributed by atoms with E-state index in [1.54, 1.807) is 0 Å². The minimum Gasteiger partial charge on any atom is -0.380 e. The second-order valence-corrected chi connectivity index (χ2v) is 5.30. The quantitative estimate of drug-likeness (QED) is 0.885. The Morgan fingerprint density at radius 1 is 1.42 bits per heavy atom. The van der Waals surface area contributed by atoms with Crippen LogP contribution in [0.1, 0.15) is 36.9 Å². The molecule has 0 aliphatic carbocycles. The third-order valence-corrected chi connectivity index (χ3v) is 4.20. The third kappa shape index (κ3) is 3.35. The van der Waals surface area contributed by atoms with Crippen molar-refractivity contribution in [3.05, 3.63) is 35.4 Å². The van der Waals surface area contributed by atoms with Gasteiger partial charge in [0.1, 0.15) is 0 Å². The molecule has 2 N–H and O–H groups in total. The Morgan fingerprint density at radius 2 is 2.21 bits per heavy atom. The number of nitrogens with zero attached hydrogens (tertiary/aromatic N) is 1. The number of hydrogen-bond acceptors (Lipinski definition) is 3. The Bertz CT molecular complexity index is 394. The molecule has 0 amide bonds. The first-order chi connectivity index (χ1) is 9.30. The Kier molecular flexibility index (Phi) is 5.37. The van der Waals surface area contributed by atoms with Crippen LogP contribution >= 0.6 is 0 Å². The Balaban J connectivity index is 2.19. The fraction of sp³-hybridized carbons (Fsp3) is 0.625. The lowest BCUT2D eigenvalue weighted by molar-refractivity contribution is 0.0154. The monoisotopic (exact) mass is 262 g/mol.